The van der Waals surface area contributed by atoms with Crippen LogP contribution in [0.25, 0.3) is 0 Å². The molecule has 0 atom stereocenters. The number of benzene rings is 2. The molecule has 0 aromatic heterocycles. The van der Waals surface area contributed by atoms with Gasteiger partial charge in [0.2, 0.25) is 0 Å². The predicted molar refractivity (Wildman–Crippen MR) is 82.6 cm³/mol. The van der Waals surface area contributed by atoms with Crippen molar-refractivity contribution in [3.8, 4) is 0 Å². The molecule has 0 aliphatic rings. The molecule has 2 rings (SSSR count). The van der Waals surface area contributed by atoms with Crippen LogP contribution in [0.15, 0.2) is 41.3 Å². The molecule has 0 heterocycles. The molecule has 0 aliphatic heterocycles. The summed E-state index contributed by atoms with van der Waals surface area (Å²) >= 11 is 5.85. The van der Waals surface area contributed by atoms with Gasteiger partial charge in [0.25, 0.3) is 10.0 Å². The Bertz CT molecular complexity index is 738. The number of rotatable bonds is 3. The SMILES string of the molecule is Cc1cc(N)cc(S(=O)(=O)Nc2ccc(Cl)cc2C)c1. The Morgan fingerprint density at radius 3 is 2.40 bits per heavy atom. The highest BCUT2D eigenvalue weighted by molar-refractivity contribution is 7.92. The maximum atomic E-state index is 12.3. The van der Waals surface area contributed by atoms with Gasteiger partial charge in [0.05, 0.1) is 10.6 Å². The largest absolute Gasteiger partial charge is 0.399 e. The number of nitrogens with two attached hydrogens (primary N) is 1. The maximum absolute atomic E-state index is 12.3. The first-order valence-electron chi connectivity index (χ1n) is 5.94. The van der Waals surface area contributed by atoms with Crippen LogP contribution < -0.4 is 10.5 Å². The van der Waals surface area contributed by atoms with Gasteiger partial charge in [-0.25, -0.2) is 8.42 Å². The number of nitrogen functional groups attached to an aromatic ring is 1. The molecule has 0 aliphatic carbocycles. The summed E-state index contributed by atoms with van der Waals surface area (Å²) < 4.78 is 27.2. The van der Waals surface area contributed by atoms with E-state index in [0.29, 0.717) is 16.4 Å². The van der Waals surface area contributed by atoms with E-state index >= 15 is 0 Å². The van der Waals surface area contributed by atoms with Crippen LogP contribution in [0.5, 0.6) is 0 Å². The predicted octanol–water partition coefficient (Wildman–Crippen LogP) is 3.34. The molecular formula is C14H15ClN2O2S. The highest BCUT2D eigenvalue weighted by Gasteiger charge is 2.16. The third kappa shape index (κ3) is 3.23. The Kier molecular flexibility index (Phi) is 3.92. The molecule has 0 radical (unpaired) electrons. The fourth-order valence-electron chi connectivity index (χ4n) is 1.88. The van der Waals surface area contributed by atoms with E-state index in [2.05, 4.69) is 4.72 Å². The van der Waals surface area contributed by atoms with Gasteiger partial charge in [-0.1, -0.05) is 11.6 Å². The molecular weight excluding hydrogens is 296 g/mol. The zero-order valence-electron chi connectivity index (χ0n) is 11.1. The number of aryl methyl sites for hydroxylation is 2. The second-order valence-electron chi connectivity index (χ2n) is 4.64. The molecule has 2 aromatic rings. The van der Waals surface area contributed by atoms with Gasteiger partial charge in [0, 0.05) is 10.7 Å². The molecule has 6 heteroatoms. The first-order valence-corrected chi connectivity index (χ1v) is 7.80. The van der Waals surface area contributed by atoms with Crippen LogP contribution in [-0.2, 0) is 10.0 Å². The minimum absolute atomic E-state index is 0.143. The Labute approximate surface area is 123 Å². The average molecular weight is 311 g/mol. The zero-order chi connectivity index (χ0) is 14.9. The van der Waals surface area contributed by atoms with Crippen molar-refractivity contribution in [2.75, 3.05) is 10.5 Å². The normalized spacial score (nSPS) is 11.3. The van der Waals surface area contributed by atoms with Crippen molar-refractivity contribution < 1.29 is 8.42 Å². The molecule has 0 saturated heterocycles. The lowest BCUT2D eigenvalue weighted by Crippen LogP contribution is -2.14. The number of halogens is 1. The lowest BCUT2D eigenvalue weighted by molar-refractivity contribution is 0.601. The lowest BCUT2D eigenvalue weighted by atomic mass is 10.2. The van der Waals surface area contributed by atoms with E-state index in [0.717, 1.165) is 11.1 Å². The van der Waals surface area contributed by atoms with Crippen molar-refractivity contribution in [2.24, 2.45) is 0 Å². The Morgan fingerprint density at radius 2 is 1.80 bits per heavy atom. The first-order chi connectivity index (χ1) is 9.28. The van der Waals surface area contributed by atoms with E-state index in [9.17, 15) is 8.42 Å². The second kappa shape index (κ2) is 5.34. The quantitative estimate of drug-likeness (QED) is 0.854. The molecule has 0 spiro atoms. The standard InChI is InChI=1S/C14H15ClN2O2S/c1-9-5-12(16)8-13(6-9)20(18,19)17-14-4-3-11(15)7-10(14)2/h3-8,17H,16H2,1-2H3. The van der Waals surface area contributed by atoms with Gasteiger partial charge in [0.15, 0.2) is 0 Å². The molecule has 0 bridgehead atoms. The molecule has 0 saturated carbocycles. The summed E-state index contributed by atoms with van der Waals surface area (Å²) in [4.78, 5) is 0.143. The number of nitrogens with one attached hydrogen (secondary N) is 1. The van der Waals surface area contributed by atoms with E-state index in [1.165, 1.54) is 6.07 Å². The molecule has 20 heavy (non-hydrogen) atoms. The van der Waals surface area contributed by atoms with Gasteiger partial charge in [-0.05, 0) is 61.4 Å². The summed E-state index contributed by atoms with van der Waals surface area (Å²) in [7, 11) is -3.67. The molecule has 2 aromatic carbocycles. The van der Waals surface area contributed by atoms with Crippen molar-refractivity contribution >= 4 is 33.0 Å². The third-order valence-electron chi connectivity index (χ3n) is 2.82. The number of hydrogen-bond donors (Lipinski definition) is 2. The monoisotopic (exact) mass is 310 g/mol. The maximum Gasteiger partial charge on any atom is 0.261 e. The van der Waals surface area contributed by atoms with Crippen LogP contribution in [0.4, 0.5) is 11.4 Å². The van der Waals surface area contributed by atoms with Crippen LogP contribution in [0.2, 0.25) is 5.02 Å². The van der Waals surface area contributed by atoms with Gasteiger partial charge in [-0.15, -0.1) is 0 Å². The highest BCUT2D eigenvalue weighted by Crippen LogP contribution is 2.24. The summed E-state index contributed by atoms with van der Waals surface area (Å²) in [6.45, 7) is 3.58. The number of hydrogen-bond acceptors (Lipinski definition) is 3. The van der Waals surface area contributed by atoms with Crippen molar-refractivity contribution in [3.05, 3.63) is 52.5 Å². The fraction of sp³-hybridized carbons (Fsp3) is 0.143. The van der Waals surface area contributed by atoms with E-state index < -0.39 is 10.0 Å². The van der Waals surface area contributed by atoms with Crippen molar-refractivity contribution in [3.63, 3.8) is 0 Å². The van der Waals surface area contributed by atoms with Crippen LogP contribution >= 0.6 is 11.6 Å². The van der Waals surface area contributed by atoms with Crippen molar-refractivity contribution in [1.82, 2.24) is 0 Å². The lowest BCUT2D eigenvalue weighted by Gasteiger charge is -2.12. The van der Waals surface area contributed by atoms with Gasteiger partial charge >= 0.3 is 0 Å². The summed E-state index contributed by atoms with van der Waals surface area (Å²) in [5.41, 5.74) is 8.14. The minimum atomic E-state index is -3.67. The minimum Gasteiger partial charge on any atom is -0.399 e. The first kappa shape index (κ1) is 14.7. The summed E-state index contributed by atoms with van der Waals surface area (Å²) in [5, 5.41) is 0.560. The topological polar surface area (TPSA) is 72.2 Å². The summed E-state index contributed by atoms with van der Waals surface area (Å²) in [6.07, 6.45) is 0. The van der Waals surface area contributed by atoms with Crippen LogP contribution in [0, 0.1) is 13.8 Å². The molecule has 0 unspecified atom stereocenters. The fourth-order valence-corrected chi connectivity index (χ4v) is 3.37. The van der Waals surface area contributed by atoms with E-state index in [1.54, 1.807) is 44.2 Å². The zero-order valence-corrected chi connectivity index (χ0v) is 12.7. The Morgan fingerprint density at radius 1 is 1.10 bits per heavy atom. The highest BCUT2D eigenvalue weighted by atomic mass is 35.5. The average Bonchev–Trinajstić information content (AvgIpc) is 2.31. The van der Waals surface area contributed by atoms with Gasteiger partial charge in [-0.2, -0.15) is 0 Å². The van der Waals surface area contributed by atoms with Gasteiger partial charge < -0.3 is 5.73 Å². The second-order valence-corrected chi connectivity index (χ2v) is 6.76. The molecule has 0 amide bonds. The van der Waals surface area contributed by atoms with Crippen LogP contribution in [-0.4, -0.2) is 8.42 Å². The van der Waals surface area contributed by atoms with E-state index in [1.807, 2.05) is 0 Å². The van der Waals surface area contributed by atoms with Crippen molar-refractivity contribution in [1.29, 1.82) is 0 Å². The Hall–Kier alpha value is -1.72. The summed E-state index contributed by atoms with van der Waals surface area (Å²) in [5.74, 6) is 0. The molecule has 106 valence electrons. The molecule has 3 N–H and O–H groups in total. The van der Waals surface area contributed by atoms with E-state index in [4.69, 9.17) is 17.3 Å². The van der Waals surface area contributed by atoms with E-state index in [-0.39, 0.29) is 4.90 Å². The van der Waals surface area contributed by atoms with Crippen molar-refractivity contribution in [2.45, 2.75) is 18.7 Å². The van der Waals surface area contributed by atoms with Gasteiger partial charge in [-0.3, -0.25) is 4.72 Å². The number of anilines is 2. The summed E-state index contributed by atoms with van der Waals surface area (Å²) in [6, 6.07) is 9.69. The van der Waals surface area contributed by atoms with Gasteiger partial charge in [0.1, 0.15) is 0 Å². The van der Waals surface area contributed by atoms with Crippen LogP contribution in [0.3, 0.4) is 0 Å². The number of sulfonamides is 1. The Balaban J connectivity index is 2.40. The molecule has 4 nitrogen and oxygen atoms in total. The third-order valence-corrected chi connectivity index (χ3v) is 4.40. The molecule has 0 fully saturated rings. The smallest absolute Gasteiger partial charge is 0.261 e. The van der Waals surface area contributed by atoms with Crippen LogP contribution in [0.1, 0.15) is 11.1 Å².